The van der Waals surface area contributed by atoms with Crippen LogP contribution in [-0.4, -0.2) is 49.1 Å². The summed E-state index contributed by atoms with van der Waals surface area (Å²) < 4.78 is 51.4. The molecule has 27 heavy (non-hydrogen) atoms. The van der Waals surface area contributed by atoms with E-state index >= 15 is 0 Å². The van der Waals surface area contributed by atoms with Crippen LogP contribution < -0.4 is 4.90 Å². The van der Waals surface area contributed by atoms with Crippen molar-refractivity contribution in [1.82, 2.24) is 4.90 Å². The summed E-state index contributed by atoms with van der Waals surface area (Å²) in [6.07, 6.45) is -3.05. The molecule has 2 atom stereocenters. The van der Waals surface area contributed by atoms with Crippen molar-refractivity contribution in [2.24, 2.45) is 0 Å². The molecule has 0 N–H and O–H groups in total. The number of halogens is 3. The van der Waals surface area contributed by atoms with Gasteiger partial charge >= 0.3 is 12.2 Å². The SMILES string of the molecule is CN1C(=O)N(c2ccc(C#N)c(C(F)(F)F)c2)[C@@H]2CCC3(C[C@H]21)OCCO3. The van der Waals surface area contributed by atoms with Gasteiger partial charge in [-0.25, -0.2) is 4.79 Å². The highest BCUT2D eigenvalue weighted by atomic mass is 19.4. The van der Waals surface area contributed by atoms with E-state index in [1.165, 1.54) is 11.0 Å². The summed E-state index contributed by atoms with van der Waals surface area (Å²) in [7, 11) is 1.64. The van der Waals surface area contributed by atoms with Gasteiger partial charge in [0.1, 0.15) is 0 Å². The summed E-state index contributed by atoms with van der Waals surface area (Å²) in [5, 5.41) is 8.97. The van der Waals surface area contributed by atoms with Crippen molar-refractivity contribution in [3.8, 4) is 6.07 Å². The topological polar surface area (TPSA) is 65.8 Å². The summed E-state index contributed by atoms with van der Waals surface area (Å²) in [5.41, 5.74) is -1.34. The molecule has 1 aliphatic carbocycles. The molecule has 1 saturated carbocycles. The van der Waals surface area contributed by atoms with Crippen LogP contribution in [-0.2, 0) is 15.7 Å². The normalized spacial score (nSPS) is 27.1. The van der Waals surface area contributed by atoms with E-state index in [9.17, 15) is 18.0 Å². The van der Waals surface area contributed by atoms with Gasteiger partial charge in [0.05, 0.1) is 42.5 Å². The highest BCUT2D eigenvalue weighted by Crippen LogP contribution is 2.44. The number of fused-ring (bicyclic) bond motifs is 1. The van der Waals surface area contributed by atoms with Gasteiger partial charge in [0, 0.05) is 25.6 Å². The Hall–Kier alpha value is -2.31. The van der Waals surface area contributed by atoms with Crippen LogP contribution >= 0.6 is 0 Å². The Balaban J connectivity index is 1.69. The molecule has 1 spiro atoms. The molecule has 0 unspecified atom stereocenters. The third-order valence-electron chi connectivity index (χ3n) is 5.64. The third-order valence-corrected chi connectivity index (χ3v) is 5.64. The lowest BCUT2D eigenvalue weighted by molar-refractivity contribution is -0.186. The molecule has 0 radical (unpaired) electrons. The summed E-state index contributed by atoms with van der Waals surface area (Å²) >= 11 is 0. The number of nitriles is 1. The molecule has 2 heterocycles. The van der Waals surface area contributed by atoms with Crippen molar-refractivity contribution < 1.29 is 27.4 Å². The number of nitrogens with zero attached hydrogens (tertiary/aromatic N) is 3. The van der Waals surface area contributed by atoms with Gasteiger partial charge in [-0.05, 0) is 24.6 Å². The number of alkyl halides is 3. The van der Waals surface area contributed by atoms with Gasteiger partial charge in [0.15, 0.2) is 5.79 Å². The maximum Gasteiger partial charge on any atom is 0.417 e. The van der Waals surface area contributed by atoms with E-state index in [-0.39, 0.29) is 23.8 Å². The highest BCUT2D eigenvalue weighted by Gasteiger charge is 2.54. The van der Waals surface area contributed by atoms with Crippen LogP contribution in [0.1, 0.15) is 30.4 Å². The lowest BCUT2D eigenvalue weighted by atomic mass is 9.85. The predicted molar refractivity (Wildman–Crippen MR) is 87.9 cm³/mol. The van der Waals surface area contributed by atoms with Gasteiger partial charge < -0.3 is 14.4 Å². The first-order valence-corrected chi connectivity index (χ1v) is 8.71. The van der Waals surface area contributed by atoms with Crippen LogP contribution in [0.3, 0.4) is 0 Å². The third kappa shape index (κ3) is 2.84. The molecule has 3 fully saturated rings. The number of carbonyl (C=O) groups excluding carboxylic acids is 1. The lowest BCUT2D eigenvalue weighted by Crippen LogP contribution is -2.49. The highest BCUT2D eigenvalue weighted by molar-refractivity contribution is 5.95. The monoisotopic (exact) mass is 381 g/mol. The van der Waals surface area contributed by atoms with Gasteiger partial charge in [0.25, 0.3) is 0 Å². The minimum Gasteiger partial charge on any atom is -0.347 e. The molecule has 4 rings (SSSR count). The summed E-state index contributed by atoms with van der Waals surface area (Å²) in [6.45, 7) is 1.01. The van der Waals surface area contributed by atoms with Crippen molar-refractivity contribution in [1.29, 1.82) is 5.26 Å². The van der Waals surface area contributed by atoms with Crippen LogP contribution in [0.15, 0.2) is 18.2 Å². The molecular weight excluding hydrogens is 363 g/mol. The largest absolute Gasteiger partial charge is 0.417 e. The van der Waals surface area contributed by atoms with E-state index in [2.05, 4.69) is 0 Å². The van der Waals surface area contributed by atoms with Crippen LogP contribution in [0.2, 0.25) is 0 Å². The Morgan fingerprint density at radius 3 is 2.59 bits per heavy atom. The van der Waals surface area contributed by atoms with E-state index in [1.807, 2.05) is 0 Å². The molecule has 2 amide bonds. The van der Waals surface area contributed by atoms with Crippen LogP contribution in [0, 0.1) is 11.3 Å². The second-order valence-electron chi connectivity index (χ2n) is 7.09. The number of amides is 2. The van der Waals surface area contributed by atoms with Gasteiger partial charge in [-0.3, -0.25) is 4.90 Å². The van der Waals surface area contributed by atoms with E-state index in [0.29, 0.717) is 32.5 Å². The fraction of sp³-hybridized carbons (Fsp3) is 0.556. The predicted octanol–water partition coefficient (Wildman–Crippen LogP) is 3.11. The van der Waals surface area contributed by atoms with E-state index < -0.39 is 23.1 Å². The first kappa shape index (κ1) is 18.1. The van der Waals surface area contributed by atoms with Crippen LogP contribution in [0.4, 0.5) is 23.7 Å². The van der Waals surface area contributed by atoms with Crippen molar-refractivity contribution in [3.05, 3.63) is 29.3 Å². The lowest BCUT2D eigenvalue weighted by Gasteiger charge is -2.40. The number of urea groups is 1. The fourth-order valence-electron chi connectivity index (χ4n) is 4.34. The molecular formula is C18H18F3N3O3. The molecule has 0 bridgehead atoms. The standard InChI is InChI=1S/C18H18F3N3O3/c1-23-15-9-17(26-6-7-27-17)5-4-14(15)24(16(23)25)12-3-2-11(10-22)13(8-12)18(19,20)21/h2-3,8,14-15H,4-7,9H2,1H3/t14-,15-/m1/s1. The van der Waals surface area contributed by atoms with Gasteiger partial charge in [0.2, 0.25) is 0 Å². The van der Waals surface area contributed by atoms with Gasteiger partial charge in [-0.15, -0.1) is 0 Å². The first-order chi connectivity index (χ1) is 12.8. The number of hydrogen-bond acceptors (Lipinski definition) is 4. The summed E-state index contributed by atoms with van der Waals surface area (Å²) in [6, 6.07) is 4.12. The molecule has 3 aliphatic rings. The Morgan fingerprint density at radius 1 is 1.26 bits per heavy atom. The second-order valence-corrected chi connectivity index (χ2v) is 7.09. The zero-order valence-corrected chi connectivity index (χ0v) is 14.6. The minimum absolute atomic E-state index is 0.148. The zero-order chi connectivity index (χ0) is 19.4. The molecule has 0 aromatic heterocycles. The molecule has 6 nitrogen and oxygen atoms in total. The smallest absolute Gasteiger partial charge is 0.347 e. The minimum atomic E-state index is -4.67. The molecule has 1 aromatic rings. The maximum atomic E-state index is 13.3. The Kier molecular flexibility index (Phi) is 4.09. The average Bonchev–Trinajstić information content (AvgIpc) is 3.18. The maximum absolute atomic E-state index is 13.3. The Bertz CT molecular complexity index is 814. The summed E-state index contributed by atoms with van der Waals surface area (Å²) in [5.74, 6) is -0.701. The number of benzene rings is 1. The van der Waals surface area contributed by atoms with E-state index in [0.717, 1.165) is 12.1 Å². The molecule has 1 aromatic carbocycles. The first-order valence-electron chi connectivity index (χ1n) is 8.71. The number of hydrogen-bond donors (Lipinski definition) is 0. The second kappa shape index (κ2) is 6.11. The van der Waals surface area contributed by atoms with Gasteiger partial charge in [-0.1, -0.05) is 0 Å². The van der Waals surface area contributed by atoms with Crippen LogP contribution in [0.25, 0.3) is 0 Å². The number of likely N-dealkylation sites (N-methyl/N-ethyl adjacent to an activating group) is 1. The van der Waals surface area contributed by atoms with Crippen LogP contribution in [0.5, 0.6) is 0 Å². The quantitative estimate of drug-likeness (QED) is 0.750. The van der Waals surface area contributed by atoms with Gasteiger partial charge in [-0.2, -0.15) is 18.4 Å². The van der Waals surface area contributed by atoms with E-state index in [1.54, 1.807) is 18.0 Å². The van der Waals surface area contributed by atoms with E-state index in [4.69, 9.17) is 14.7 Å². The number of ether oxygens (including phenoxy) is 2. The molecule has 2 aliphatic heterocycles. The van der Waals surface area contributed by atoms with Crippen molar-refractivity contribution in [2.45, 2.75) is 43.3 Å². The number of anilines is 1. The van der Waals surface area contributed by atoms with Crippen molar-refractivity contribution in [2.75, 3.05) is 25.2 Å². The Morgan fingerprint density at radius 2 is 1.96 bits per heavy atom. The number of rotatable bonds is 1. The molecule has 144 valence electrons. The Labute approximate surface area is 154 Å². The van der Waals surface area contributed by atoms with Crippen molar-refractivity contribution >= 4 is 11.7 Å². The summed E-state index contributed by atoms with van der Waals surface area (Å²) in [4.78, 5) is 15.8. The fourth-order valence-corrected chi connectivity index (χ4v) is 4.34. The average molecular weight is 381 g/mol. The number of carbonyl (C=O) groups is 1. The van der Waals surface area contributed by atoms with Crippen molar-refractivity contribution in [3.63, 3.8) is 0 Å². The molecule has 2 saturated heterocycles. The zero-order valence-electron chi connectivity index (χ0n) is 14.6. The molecule has 9 heteroatoms.